The monoisotopic (exact) mass is 492 g/mol. The number of rotatable bonds is 8. The van der Waals surface area contributed by atoms with Crippen LogP contribution in [0.1, 0.15) is 24.3 Å². The number of thiazole rings is 1. The van der Waals surface area contributed by atoms with E-state index in [1.807, 2.05) is 44.2 Å². The summed E-state index contributed by atoms with van der Waals surface area (Å²) in [5.41, 5.74) is 0.956. The molecule has 0 saturated carbocycles. The van der Waals surface area contributed by atoms with E-state index in [9.17, 15) is 13.6 Å². The number of aromatic nitrogens is 2. The van der Waals surface area contributed by atoms with E-state index in [0.717, 1.165) is 36.1 Å². The summed E-state index contributed by atoms with van der Waals surface area (Å²) in [6.45, 7) is 6.62. The van der Waals surface area contributed by atoms with Crippen molar-refractivity contribution in [2.45, 2.75) is 13.8 Å². The molecule has 0 N–H and O–H groups in total. The molecule has 2 aromatic carbocycles. The van der Waals surface area contributed by atoms with Crippen LogP contribution in [0.25, 0.3) is 21.5 Å². The average molecular weight is 493 g/mol. The van der Waals surface area contributed by atoms with Crippen LogP contribution in [0.4, 0.5) is 13.9 Å². The van der Waals surface area contributed by atoms with Gasteiger partial charge in [-0.25, -0.2) is 13.8 Å². The van der Waals surface area contributed by atoms with Gasteiger partial charge in [-0.3, -0.25) is 9.69 Å². The maximum Gasteiger partial charge on any atom is 0.282 e. The van der Waals surface area contributed by atoms with Crippen molar-refractivity contribution in [1.29, 1.82) is 0 Å². The van der Waals surface area contributed by atoms with Gasteiger partial charge >= 0.3 is 0 Å². The molecule has 0 fully saturated rings. The highest BCUT2D eigenvalue weighted by Crippen LogP contribution is 2.32. The summed E-state index contributed by atoms with van der Waals surface area (Å²) in [7, 11) is 0. The van der Waals surface area contributed by atoms with Crippen molar-refractivity contribution in [3.63, 3.8) is 0 Å². The zero-order valence-corrected chi connectivity index (χ0v) is 19.8. The molecule has 0 aliphatic heterocycles. The summed E-state index contributed by atoms with van der Waals surface area (Å²) in [4.78, 5) is 21.3. The topological polar surface area (TPSA) is 62.5 Å². The number of likely N-dealkylation sites (N-methyl/N-ethyl adjacent to an activating group) is 1. The third-order valence-corrected chi connectivity index (χ3v) is 6.23. The van der Waals surface area contributed by atoms with Crippen LogP contribution in [0.3, 0.4) is 0 Å². The number of nitrogens with zero attached hydrogens (tertiary/aromatic N) is 4. The van der Waals surface area contributed by atoms with Crippen molar-refractivity contribution in [2.24, 2.45) is 0 Å². The van der Waals surface area contributed by atoms with Crippen LogP contribution in [0, 0.1) is 11.6 Å². The van der Waals surface area contributed by atoms with Crippen LogP contribution in [0.2, 0.25) is 0 Å². The summed E-state index contributed by atoms with van der Waals surface area (Å²) in [5, 5.41) is 4.24. The van der Waals surface area contributed by atoms with Crippen LogP contribution in [0.15, 0.2) is 53.1 Å². The number of hydrogen-bond donors (Lipinski definition) is 0. The number of fused-ring (bicyclic) bond motifs is 1. The second-order valence-electron chi connectivity index (χ2n) is 7.16. The van der Waals surface area contributed by atoms with Gasteiger partial charge in [0, 0.05) is 30.8 Å². The largest absolute Gasteiger partial charge is 0.355 e. The molecule has 174 valence electrons. The summed E-state index contributed by atoms with van der Waals surface area (Å²) < 4.78 is 33.6. The Kier molecular flexibility index (Phi) is 8.12. The first kappa shape index (κ1) is 24.8. The fourth-order valence-corrected chi connectivity index (χ4v) is 4.41. The van der Waals surface area contributed by atoms with Crippen molar-refractivity contribution in [1.82, 2.24) is 15.0 Å². The minimum atomic E-state index is -0.758. The Bertz CT molecular complexity index is 1230. The molecule has 10 heteroatoms. The number of amides is 1. The molecule has 0 unspecified atom stereocenters. The van der Waals surface area contributed by atoms with Gasteiger partial charge in [-0.05, 0) is 19.2 Å². The van der Waals surface area contributed by atoms with Crippen LogP contribution in [-0.4, -0.2) is 47.1 Å². The number of benzene rings is 2. The molecule has 0 spiro atoms. The van der Waals surface area contributed by atoms with Gasteiger partial charge in [-0.15, -0.1) is 12.4 Å². The minimum absolute atomic E-state index is 0. The van der Waals surface area contributed by atoms with E-state index >= 15 is 0 Å². The van der Waals surface area contributed by atoms with Gasteiger partial charge in [0.2, 0.25) is 0 Å². The number of anilines is 1. The van der Waals surface area contributed by atoms with E-state index in [4.69, 9.17) is 4.52 Å². The van der Waals surface area contributed by atoms with Crippen LogP contribution in [0.5, 0.6) is 0 Å². The van der Waals surface area contributed by atoms with E-state index in [1.165, 1.54) is 11.0 Å². The van der Waals surface area contributed by atoms with Gasteiger partial charge in [-0.2, -0.15) is 0 Å². The van der Waals surface area contributed by atoms with Gasteiger partial charge in [-0.1, -0.05) is 60.7 Å². The van der Waals surface area contributed by atoms with Gasteiger partial charge < -0.3 is 9.42 Å². The van der Waals surface area contributed by atoms with Gasteiger partial charge in [0.25, 0.3) is 5.91 Å². The Morgan fingerprint density at radius 1 is 1.06 bits per heavy atom. The lowest BCUT2D eigenvalue weighted by atomic mass is 10.1. The van der Waals surface area contributed by atoms with Crippen molar-refractivity contribution < 1.29 is 18.1 Å². The number of halogens is 3. The van der Waals surface area contributed by atoms with Crippen molar-refractivity contribution in [2.75, 3.05) is 31.1 Å². The number of hydrogen-bond acceptors (Lipinski definition) is 6. The second kappa shape index (κ2) is 10.8. The second-order valence-corrected chi connectivity index (χ2v) is 8.17. The molecule has 0 radical (unpaired) electrons. The fraction of sp³-hybridized carbons (Fsp3) is 0.261. The Labute approximate surface area is 200 Å². The lowest BCUT2D eigenvalue weighted by Crippen LogP contribution is -2.39. The third-order valence-electron chi connectivity index (χ3n) is 5.20. The van der Waals surface area contributed by atoms with Gasteiger partial charge in [0.05, 0.1) is 4.70 Å². The lowest BCUT2D eigenvalue weighted by molar-refractivity contribution is 0.0975. The molecule has 4 aromatic rings. The highest BCUT2D eigenvalue weighted by molar-refractivity contribution is 7.22. The first-order valence-electron chi connectivity index (χ1n) is 10.3. The van der Waals surface area contributed by atoms with E-state index < -0.39 is 17.5 Å². The molecular weight excluding hydrogens is 470 g/mol. The van der Waals surface area contributed by atoms with E-state index in [2.05, 4.69) is 15.0 Å². The smallest absolute Gasteiger partial charge is 0.282 e. The highest BCUT2D eigenvalue weighted by atomic mass is 35.5. The standard InChI is InChI=1S/C23H22F2N4O2S.ClH/c1-3-28(4-2)10-11-29(23-26-21-17(25)12-16(24)13-20(21)32-23)22(30)18-14-19(31-27-18)15-8-6-5-7-9-15;/h5-9,12-14H,3-4,10-11H2,1-2H3;1H. The SMILES string of the molecule is CCN(CC)CCN(C(=O)c1cc(-c2ccccc2)on1)c1nc2c(F)cc(F)cc2s1.Cl. The van der Waals surface area contributed by atoms with Gasteiger partial charge in [0.15, 0.2) is 22.4 Å². The molecule has 0 aliphatic rings. The Balaban J connectivity index is 0.00000306. The zero-order valence-electron chi connectivity index (χ0n) is 18.1. The Morgan fingerprint density at radius 2 is 1.79 bits per heavy atom. The predicted molar refractivity (Wildman–Crippen MR) is 128 cm³/mol. The summed E-state index contributed by atoms with van der Waals surface area (Å²) in [6.07, 6.45) is 0. The summed E-state index contributed by atoms with van der Waals surface area (Å²) in [6, 6.07) is 12.9. The molecule has 1 amide bonds. The molecule has 0 atom stereocenters. The van der Waals surface area contributed by atoms with Crippen molar-refractivity contribution >= 4 is 45.0 Å². The number of carbonyl (C=O) groups excluding carboxylic acids is 1. The maximum atomic E-state index is 14.2. The van der Waals surface area contributed by atoms with E-state index in [1.54, 1.807) is 6.07 Å². The predicted octanol–water partition coefficient (Wildman–Crippen LogP) is 5.64. The van der Waals surface area contributed by atoms with Crippen molar-refractivity contribution in [3.05, 3.63) is 65.9 Å². The zero-order chi connectivity index (χ0) is 22.7. The first-order chi connectivity index (χ1) is 15.5. The van der Waals surface area contributed by atoms with Crippen molar-refractivity contribution in [3.8, 4) is 11.3 Å². The van der Waals surface area contributed by atoms with E-state index in [0.29, 0.717) is 23.5 Å². The Hall–Kier alpha value is -2.88. The van der Waals surface area contributed by atoms with Crippen LogP contribution < -0.4 is 4.90 Å². The Morgan fingerprint density at radius 3 is 2.48 bits per heavy atom. The number of carbonyl (C=O) groups is 1. The van der Waals surface area contributed by atoms with Gasteiger partial charge in [0.1, 0.15) is 11.3 Å². The summed E-state index contributed by atoms with van der Waals surface area (Å²) in [5.74, 6) is -1.39. The average Bonchev–Trinajstić information content (AvgIpc) is 3.45. The normalized spacial score (nSPS) is 11.1. The first-order valence-corrected chi connectivity index (χ1v) is 11.1. The minimum Gasteiger partial charge on any atom is -0.355 e. The lowest BCUT2D eigenvalue weighted by Gasteiger charge is -2.24. The molecular formula is C23H23ClF2N4O2S. The molecule has 2 aromatic heterocycles. The molecule has 33 heavy (non-hydrogen) atoms. The molecule has 2 heterocycles. The van der Waals surface area contributed by atoms with E-state index in [-0.39, 0.29) is 28.7 Å². The molecule has 6 nitrogen and oxygen atoms in total. The molecule has 0 saturated heterocycles. The molecule has 4 rings (SSSR count). The quantitative estimate of drug-likeness (QED) is 0.318. The summed E-state index contributed by atoms with van der Waals surface area (Å²) >= 11 is 1.06. The molecule has 0 bridgehead atoms. The van der Waals surface area contributed by atoms with Crippen LogP contribution in [-0.2, 0) is 0 Å². The fourth-order valence-electron chi connectivity index (χ4n) is 3.38. The maximum absolute atomic E-state index is 14.2. The van der Waals surface area contributed by atoms with Crippen LogP contribution >= 0.6 is 23.7 Å². The highest BCUT2D eigenvalue weighted by Gasteiger charge is 2.26. The third kappa shape index (κ3) is 5.38. The molecule has 0 aliphatic carbocycles.